The number of nitrogens with zero attached hydrogens (tertiary/aromatic N) is 1. The van der Waals surface area contributed by atoms with Crippen molar-refractivity contribution in [2.75, 3.05) is 5.32 Å². The summed E-state index contributed by atoms with van der Waals surface area (Å²) in [5, 5.41) is 11.7. The predicted molar refractivity (Wildman–Crippen MR) is 66.3 cm³/mol. The number of halogens is 1. The number of aromatic carboxylic acids is 1. The molecule has 0 aliphatic carbocycles. The van der Waals surface area contributed by atoms with Crippen molar-refractivity contribution in [1.82, 2.24) is 4.98 Å². The van der Waals surface area contributed by atoms with Crippen LogP contribution < -0.4 is 10.8 Å². The Morgan fingerprint density at radius 3 is 2.67 bits per heavy atom. The van der Waals surface area contributed by atoms with Crippen molar-refractivity contribution in [3.63, 3.8) is 0 Å². The van der Waals surface area contributed by atoms with Crippen molar-refractivity contribution in [2.24, 2.45) is 0 Å². The summed E-state index contributed by atoms with van der Waals surface area (Å²) in [7, 11) is 5.54. The first kappa shape index (κ1) is 12.1. The molecule has 0 aliphatic heterocycles. The minimum absolute atomic E-state index is 0.0174. The highest BCUT2D eigenvalue weighted by atomic mass is 19.1. The average Bonchev–Trinajstić information content (AvgIpc) is 2.31. The first-order valence-electron chi connectivity index (χ1n) is 5.08. The third-order valence-electron chi connectivity index (χ3n) is 2.33. The molecule has 0 spiro atoms. The maximum Gasteiger partial charge on any atom is 0.337 e. The highest BCUT2D eigenvalue weighted by molar-refractivity contribution is 6.36. The van der Waals surface area contributed by atoms with Gasteiger partial charge in [-0.25, -0.2) is 9.18 Å². The van der Waals surface area contributed by atoms with Crippen LogP contribution in [-0.2, 0) is 0 Å². The Bertz CT molecular complexity index is 604. The van der Waals surface area contributed by atoms with Crippen molar-refractivity contribution < 1.29 is 14.3 Å². The Hall–Kier alpha value is -2.37. The first-order chi connectivity index (χ1) is 8.59. The van der Waals surface area contributed by atoms with Gasteiger partial charge in [0.25, 0.3) is 0 Å². The summed E-state index contributed by atoms with van der Waals surface area (Å²) in [4.78, 5) is 14.9. The highest BCUT2D eigenvalue weighted by Crippen LogP contribution is 2.21. The molecule has 1 aromatic heterocycles. The Balaban J connectivity index is 2.44. The summed E-state index contributed by atoms with van der Waals surface area (Å²) in [6.45, 7) is 0. The number of nitrogens with one attached hydrogen (secondary N) is 1. The molecule has 0 fully saturated rings. The van der Waals surface area contributed by atoms with Crippen molar-refractivity contribution in [1.29, 1.82) is 0 Å². The van der Waals surface area contributed by atoms with E-state index in [2.05, 4.69) is 10.3 Å². The minimum Gasteiger partial charge on any atom is -0.478 e. The smallest absolute Gasteiger partial charge is 0.337 e. The van der Waals surface area contributed by atoms with Crippen LogP contribution in [0.2, 0.25) is 0 Å². The van der Waals surface area contributed by atoms with E-state index in [9.17, 15) is 9.18 Å². The SMILES string of the molecule is [B]c1cncc(Nc2ccccc2F)c1C(=O)O. The topological polar surface area (TPSA) is 62.2 Å². The fourth-order valence-corrected chi connectivity index (χ4v) is 1.52. The van der Waals surface area contributed by atoms with Gasteiger partial charge in [-0.15, -0.1) is 0 Å². The minimum atomic E-state index is -1.20. The molecule has 2 N–H and O–H groups in total. The lowest BCUT2D eigenvalue weighted by Gasteiger charge is -2.11. The molecule has 4 nitrogen and oxygen atoms in total. The number of anilines is 2. The molecular formula is C12H8BFN2O2. The van der Waals surface area contributed by atoms with Gasteiger partial charge in [-0.1, -0.05) is 17.6 Å². The summed E-state index contributed by atoms with van der Waals surface area (Å²) in [5.41, 5.74) is 0.192. The molecule has 2 aromatic rings. The number of pyridine rings is 1. The van der Waals surface area contributed by atoms with Crippen molar-refractivity contribution in [3.8, 4) is 0 Å². The van der Waals surface area contributed by atoms with Crippen LogP contribution in [0.5, 0.6) is 0 Å². The monoisotopic (exact) mass is 242 g/mol. The van der Waals surface area contributed by atoms with Gasteiger partial charge in [0.15, 0.2) is 0 Å². The van der Waals surface area contributed by atoms with Crippen LogP contribution in [0.4, 0.5) is 15.8 Å². The summed E-state index contributed by atoms with van der Waals surface area (Å²) in [6.07, 6.45) is 2.52. The fourth-order valence-electron chi connectivity index (χ4n) is 1.52. The molecule has 0 unspecified atom stereocenters. The maximum absolute atomic E-state index is 13.4. The van der Waals surface area contributed by atoms with Crippen LogP contribution in [0, 0.1) is 5.82 Å². The van der Waals surface area contributed by atoms with Crippen LogP contribution in [0.25, 0.3) is 0 Å². The average molecular weight is 242 g/mol. The lowest BCUT2D eigenvalue weighted by molar-refractivity contribution is 0.0699. The number of hydrogen-bond acceptors (Lipinski definition) is 3. The zero-order chi connectivity index (χ0) is 13.1. The third kappa shape index (κ3) is 2.32. The molecule has 0 atom stereocenters. The Morgan fingerprint density at radius 2 is 2.00 bits per heavy atom. The first-order valence-corrected chi connectivity index (χ1v) is 5.08. The van der Waals surface area contributed by atoms with Crippen LogP contribution in [0.3, 0.4) is 0 Å². The quantitative estimate of drug-likeness (QED) is 0.799. The molecule has 0 saturated heterocycles. The molecule has 2 rings (SSSR count). The maximum atomic E-state index is 13.4. The van der Waals surface area contributed by atoms with Gasteiger partial charge in [0.1, 0.15) is 13.7 Å². The third-order valence-corrected chi connectivity index (χ3v) is 2.33. The van der Waals surface area contributed by atoms with E-state index in [0.717, 1.165) is 0 Å². The number of benzene rings is 1. The highest BCUT2D eigenvalue weighted by Gasteiger charge is 2.14. The zero-order valence-corrected chi connectivity index (χ0v) is 9.22. The summed E-state index contributed by atoms with van der Waals surface area (Å²) >= 11 is 0. The van der Waals surface area contributed by atoms with Crippen LogP contribution in [0.1, 0.15) is 10.4 Å². The number of carboxylic acids is 1. The second-order valence-corrected chi connectivity index (χ2v) is 3.56. The lowest BCUT2D eigenvalue weighted by atomic mass is 9.92. The van der Waals surface area contributed by atoms with E-state index in [1.54, 1.807) is 6.07 Å². The van der Waals surface area contributed by atoms with E-state index in [1.165, 1.54) is 30.6 Å². The van der Waals surface area contributed by atoms with Crippen LogP contribution >= 0.6 is 0 Å². The van der Waals surface area contributed by atoms with E-state index in [0.29, 0.717) is 0 Å². The van der Waals surface area contributed by atoms with Crippen molar-refractivity contribution in [2.45, 2.75) is 0 Å². The Kier molecular flexibility index (Phi) is 3.27. The molecule has 2 radical (unpaired) electrons. The van der Waals surface area contributed by atoms with E-state index in [-0.39, 0.29) is 22.4 Å². The molecule has 1 aromatic carbocycles. The summed E-state index contributed by atoms with van der Waals surface area (Å²) < 4.78 is 13.4. The Labute approximate surface area is 104 Å². The molecular weight excluding hydrogens is 234 g/mol. The second-order valence-electron chi connectivity index (χ2n) is 3.56. The van der Waals surface area contributed by atoms with Gasteiger partial charge >= 0.3 is 5.97 Å². The summed E-state index contributed by atoms with van der Waals surface area (Å²) in [5.74, 6) is -1.69. The van der Waals surface area contributed by atoms with Gasteiger partial charge in [0, 0.05) is 6.20 Å². The van der Waals surface area contributed by atoms with Gasteiger partial charge in [-0.2, -0.15) is 0 Å². The molecule has 0 saturated carbocycles. The van der Waals surface area contributed by atoms with E-state index in [4.69, 9.17) is 13.0 Å². The van der Waals surface area contributed by atoms with Gasteiger partial charge in [0.05, 0.1) is 23.1 Å². The standard InChI is InChI=1S/C12H8BFN2O2/c13-7-5-15-6-10(11(7)12(17)18)16-9-4-2-1-3-8(9)14/h1-6,16H,(H,17,18). The van der Waals surface area contributed by atoms with E-state index in [1.807, 2.05) is 0 Å². The number of aromatic nitrogens is 1. The Morgan fingerprint density at radius 1 is 1.28 bits per heavy atom. The lowest BCUT2D eigenvalue weighted by Crippen LogP contribution is -2.18. The number of para-hydroxylation sites is 1. The van der Waals surface area contributed by atoms with Crippen LogP contribution in [0.15, 0.2) is 36.7 Å². The number of hydrogen-bond donors (Lipinski definition) is 2. The molecule has 18 heavy (non-hydrogen) atoms. The van der Waals surface area contributed by atoms with Gasteiger partial charge in [-0.05, 0) is 12.1 Å². The number of rotatable bonds is 3. The van der Waals surface area contributed by atoms with E-state index >= 15 is 0 Å². The fraction of sp³-hybridized carbons (Fsp3) is 0. The number of carbonyl (C=O) groups is 1. The predicted octanol–water partition coefficient (Wildman–Crippen LogP) is 1.46. The zero-order valence-electron chi connectivity index (χ0n) is 9.22. The largest absolute Gasteiger partial charge is 0.478 e. The molecule has 0 amide bonds. The molecule has 88 valence electrons. The van der Waals surface area contributed by atoms with Gasteiger partial charge < -0.3 is 10.4 Å². The molecule has 0 bridgehead atoms. The van der Waals surface area contributed by atoms with Gasteiger partial charge in [0.2, 0.25) is 0 Å². The molecule has 6 heteroatoms. The van der Waals surface area contributed by atoms with Gasteiger partial charge in [-0.3, -0.25) is 4.98 Å². The van der Waals surface area contributed by atoms with Crippen molar-refractivity contribution in [3.05, 3.63) is 48.0 Å². The molecule has 1 heterocycles. The van der Waals surface area contributed by atoms with E-state index < -0.39 is 11.8 Å². The number of carboxylic acid groups (broad SMARTS) is 1. The van der Waals surface area contributed by atoms with Crippen molar-refractivity contribution >= 4 is 30.7 Å². The van der Waals surface area contributed by atoms with Crippen LogP contribution in [-0.4, -0.2) is 23.9 Å². The normalized spacial score (nSPS) is 10.1. The molecule has 0 aliphatic rings. The second kappa shape index (κ2) is 4.87. The summed E-state index contributed by atoms with van der Waals surface area (Å²) in [6, 6.07) is 5.93.